The molecule has 1 atom stereocenters. The van der Waals surface area contributed by atoms with Crippen molar-refractivity contribution < 1.29 is 0 Å². The molecule has 1 aromatic carbocycles. The second-order valence-corrected chi connectivity index (χ2v) is 6.18. The third kappa shape index (κ3) is 2.81. The number of hydrogen-bond acceptors (Lipinski definition) is 2. The molecule has 2 rings (SSSR count). The van der Waals surface area contributed by atoms with Crippen LogP contribution < -0.4 is 0 Å². The Morgan fingerprint density at radius 3 is 2.62 bits per heavy atom. The Labute approximate surface area is 109 Å². The topological polar surface area (TPSA) is 23.8 Å². The molecule has 0 bridgehead atoms. The Balaban J connectivity index is 2.07. The second-order valence-electron chi connectivity index (χ2n) is 4.14. The molecule has 3 heteroatoms. The zero-order valence-corrected chi connectivity index (χ0v) is 11.4. The standard InChI is InChI=1S/C13H14BrNS/c14-11-7-3-4-8-12(11)16-13(9-15)10-5-1-2-6-10/h3-4,7-8,10,13H,1-2,5-6H2. The van der Waals surface area contributed by atoms with Crippen molar-refractivity contribution in [3.8, 4) is 6.07 Å². The van der Waals surface area contributed by atoms with Crippen LogP contribution in [0.15, 0.2) is 33.6 Å². The lowest BCUT2D eigenvalue weighted by molar-refractivity contribution is 0.575. The summed E-state index contributed by atoms with van der Waals surface area (Å²) in [5.41, 5.74) is 0. The normalized spacial score (nSPS) is 18.2. The van der Waals surface area contributed by atoms with Gasteiger partial charge in [-0.25, -0.2) is 0 Å². The van der Waals surface area contributed by atoms with Gasteiger partial charge < -0.3 is 0 Å². The van der Waals surface area contributed by atoms with Crippen LogP contribution in [0.2, 0.25) is 0 Å². The number of nitrogens with zero attached hydrogens (tertiary/aromatic N) is 1. The quantitative estimate of drug-likeness (QED) is 0.760. The highest BCUT2D eigenvalue weighted by molar-refractivity contribution is 9.10. The van der Waals surface area contributed by atoms with Crippen LogP contribution >= 0.6 is 27.7 Å². The number of halogens is 1. The van der Waals surface area contributed by atoms with Crippen LogP contribution in [0.1, 0.15) is 25.7 Å². The number of nitriles is 1. The lowest BCUT2D eigenvalue weighted by Gasteiger charge is -2.16. The third-order valence-corrected chi connectivity index (χ3v) is 5.35. The van der Waals surface area contributed by atoms with E-state index in [0.717, 1.165) is 4.47 Å². The van der Waals surface area contributed by atoms with E-state index in [0.29, 0.717) is 5.92 Å². The Kier molecular flexibility index (Phi) is 4.31. The van der Waals surface area contributed by atoms with Gasteiger partial charge in [0, 0.05) is 9.37 Å². The summed E-state index contributed by atoms with van der Waals surface area (Å²) in [5.74, 6) is 0.585. The molecule has 84 valence electrons. The Morgan fingerprint density at radius 1 is 1.31 bits per heavy atom. The van der Waals surface area contributed by atoms with Gasteiger partial charge in [0.2, 0.25) is 0 Å². The summed E-state index contributed by atoms with van der Waals surface area (Å²) < 4.78 is 1.10. The van der Waals surface area contributed by atoms with Gasteiger partial charge in [-0.05, 0) is 46.8 Å². The van der Waals surface area contributed by atoms with E-state index in [-0.39, 0.29) is 5.25 Å². The largest absolute Gasteiger partial charge is 0.197 e. The molecule has 16 heavy (non-hydrogen) atoms. The van der Waals surface area contributed by atoms with E-state index in [2.05, 4.69) is 28.1 Å². The van der Waals surface area contributed by atoms with E-state index in [4.69, 9.17) is 0 Å². The average Bonchev–Trinajstić information content (AvgIpc) is 2.81. The minimum atomic E-state index is 0.112. The zero-order chi connectivity index (χ0) is 11.4. The summed E-state index contributed by atoms with van der Waals surface area (Å²) >= 11 is 5.24. The van der Waals surface area contributed by atoms with Gasteiger partial charge in [0.05, 0.1) is 11.3 Å². The minimum absolute atomic E-state index is 0.112. The summed E-state index contributed by atoms with van der Waals surface area (Å²) in [6.07, 6.45) is 5.02. The Morgan fingerprint density at radius 2 is 2.00 bits per heavy atom. The maximum atomic E-state index is 9.25. The predicted molar refractivity (Wildman–Crippen MR) is 71.4 cm³/mol. The van der Waals surface area contributed by atoms with Crippen LogP contribution in [0.4, 0.5) is 0 Å². The first-order valence-corrected chi connectivity index (χ1v) is 7.29. The first-order valence-electron chi connectivity index (χ1n) is 5.62. The lowest BCUT2D eigenvalue weighted by atomic mass is 10.1. The molecule has 1 unspecified atom stereocenters. The first kappa shape index (κ1) is 12.0. The molecule has 1 aliphatic rings. The van der Waals surface area contributed by atoms with Crippen LogP contribution in [0.25, 0.3) is 0 Å². The van der Waals surface area contributed by atoms with Crippen molar-refractivity contribution in [2.24, 2.45) is 5.92 Å². The molecule has 0 amide bonds. The van der Waals surface area contributed by atoms with E-state index in [1.807, 2.05) is 18.2 Å². The molecule has 1 saturated carbocycles. The number of benzene rings is 1. The van der Waals surface area contributed by atoms with Gasteiger partial charge in [0.25, 0.3) is 0 Å². The lowest BCUT2D eigenvalue weighted by Crippen LogP contribution is -2.11. The van der Waals surface area contributed by atoms with Crippen LogP contribution in [-0.4, -0.2) is 5.25 Å². The van der Waals surface area contributed by atoms with Gasteiger partial charge in [0.1, 0.15) is 0 Å². The highest BCUT2D eigenvalue weighted by Gasteiger charge is 2.26. The molecule has 0 aliphatic heterocycles. The van der Waals surface area contributed by atoms with Gasteiger partial charge in [-0.1, -0.05) is 25.0 Å². The maximum Gasteiger partial charge on any atom is 0.0992 e. The Bertz CT molecular complexity index is 393. The van der Waals surface area contributed by atoms with Gasteiger partial charge in [-0.15, -0.1) is 11.8 Å². The molecule has 0 radical (unpaired) electrons. The molecule has 0 N–H and O–H groups in total. The Hall–Kier alpha value is -0.460. The molecular formula is C13H14BrNS. The number of rotatable bonds is 3. The molecule has 0 heterocycles. The smallest absolute Gasteiger partial charge is 0.0992 e. The monoisotopic (exact) mass is 295 g/mol. The van der Waals surface area contributed by atoms with Crippen molar-refractivity contribution in [2.75, 3.05) is 0 Å². The molecule has 0 spiro atoms. The fourth-order valence-corrected chi connectivity index (χ4v) is 3.86. The third-order valence-electron chi connectivity index (χ3n) is 3.05. The summed E-state index contributed by atoms with van der Waals surface area (Å²) in [6.45, 7) is 0. The van der Waals surface area contributed by atoms with Crippen molar-refractivity contribution in [3.63, 3.8) is 0 Å². The highest BCUT2D eigenvalue weighted by atomic mass is 79.9. The SMILES string of the molecule is N#CC(Sc1ccccc1Br)C1CCCC1. The zero-order valence-electron chi connectivity index (χ0n) is 9.03. The van der Waals surface area contributed by atoms with E-state index >= 15 is 0 Å². The molecule has 1 aromatic rings. The fraction of sp³-hybridized carbons (Fsp3) is 0.462. The maximum absolute atomic E-state index is 9.25. The molecule has 0 saturated heterocycles. The average molecular weight is 296 g/mol. The molecule has 1 nitrogen and oxygen atoms in total. The fourth-order valence-electron chi connectivity index (χ4n) is 2.17. The number of hydrogen-bond donors (Lipinski definition) is 0. The van der Waals surface area contributed by atoms with E-state index in [1.165, 1.54) is 30.6 Å². The summed E-state index contributed by atoms with van der Waals surface area (Å²) in [6, 6.07) is 10.6. The van der Waals surface area contributed by atoms with Crippen molar-refractivity contribution in [3.05, 3.63) is 28.7 Å². The van der Waals surface area contributed by atoms with Crippen molar-refractivity contribution in [1.82, 2.24) is 0 Å². The van der Waals surface area contributed by atoms with Crippen LogP contribution in [-0.2, 0) is 0 Å². The van der Waals surface area contributed by atoms with Crippen molar-refractivity contribution in [1.29, 1.82) is 5.26 Å². The van der Waals surface area contributed by atoms with E-state index < -0.39 is 0 Å². The predicted octanol–water partition coefficient (Wildman–Crippen LogP) is 4.62. The van der Waals surface area contributed by atoms with Gasteiger partial charge in [-0.3, -0.25) is 0 Å². The molecular weight excluding hydrogens is 282 g/mol. The molecule has 1 aliphatic carbocycles. The molecule has 1 fully saturated rings. The highest BCUT2D eigenvalue weighted by Crippen LogP contribution is 2.39. The summed E-state index contributed by atoms with van der Waals surface area (Å²) in [4.78, 5) is 1.18. The second kappa shape index (κ2) is 5.75. The summed E-state index contributed by atoms with van der Waals surface area (Å²) in [7, 11) is 0. The van der Waals surface area contributed by atoms with E-state index in [9.17, 15) is 5.26 Å². The molecule has 0 aromatic heterocycles. The van der Waals surface area contributed by atoms with Crippen molar-refractivity contribution >= 4 is 27.7 Å². The van der Waals surface area contributed by atoms with Crippen molar-refractivity contribution in [2.45, 2.75) is 35.8 Å². The summed E-state index contributed by atoms with van der Waals surface area (Å²) in [5, 5.41) is 9.36. The first-order chi connectivity index (χ1) is 7.81. The van der Waals surface area contributed by atoms with E-state index in [1.54, 1.807) is 11.8 Å². The minimum Gasteiger partial charge on any atom is -0.197 e. The van der Waals surface area contributed by atoms with Crippen LogP contribution in [0.5, 0.6) is 0 Å². The van der Waals surface area contributed by atoms with Gasteiger partial charge in [0.15, 0.2) is 0 Å². The van der Waals surface area contributed by atoms with Gasteiger partial charge in [-0.2, -0.15) is 5.26 Å². The van der Waals surface area contributed by atoms with Gasteiger partial charge >= 0.3 is 0 Å². The van der Waals surface area contributed by atoms with Crippen LogP contribution in [0, 0.1) is 17.2 Å². The van der Waals surface area contributed by atoms with Crippen LogP contribution in [0.3, 0.4) is 0 Å². The number of thioether (sulfide) groups is 1.